The molecule has 0 aliphatic heterocycles. The monoisotopic (exact) mass is 262 g/mol. The molecule has 6 nitrogen and oxygen atoms in total. The van der Waals surface area contributed by atoms with Crippen LogP contribution < -0.4 is 10.5 Å². The molecule has 0 saturated heterocycles. The number of aryl methyl sites for hydroxylation is 1. The Kier molecular flexibility index (Phi) is 3.70. The number of nitrogen functional groups attached to an aromatic ring is 1. The number of aromatic nitrogens is 1. The lowest BCUT2D eigenvalue weighted by Crippen LogP contribution is -2.04. The molecule has 1 heterocycles. The van der Waals surface area contributed by atoms with Crippen molar-refractivity contribution in [2.75, 3.05) is 12.3 Å². The lowest BCUT2D eigenvalue weighted by atomic mass is 10.2. The van der Waals surface area contributed by atoms with E-state index in [9.17, 15) is 4.79 Å². The van der Waals surface area contributed by atoms with Crippen LogP contribution in [0.15, 0.2) is 28.9 Å². The quantitative estimate of drug-likeness (QED) is 0.673. The molecule has 0 aliphatic carbocycles. The molecule has 0 fully saturated rings. The van der Waals surface area contributed by atoms with Gasteiger partial charge in [-0.3, -0.25) is 0 Å². The zero-order valence-corrected chi connectivity index (χ0v) is 10.7. The molecule has 0 saturated carbocycles. The second-order valence-corrected chi connectivity index (χ2v) is 3.86. The second-order valence-electron chi connectivity index (χ2n) is 3.86. The van der Waals surface area contributed by atoms with Crippen LogP contribution in [0.3, 0.4) is 0 Å². The highest BCUT2D eigenvalue weighted by molar-refractivity contribution is 5.86. The molecule has 0 unspecified atom stereocenters. The Morgan fingerprint density at radius 1 is 1.47 bits per heavy atom. The third kappa shape index (κ3) is 3.04. The lowest BCUT2D eigenvalue weighted by Gasteiger charge is -2.04. The molecular formula is C13H14N2O4. The van der Waals surface area contributed by atoms with E-state index in [1.54, 1.807) is 19.1 Å². The number of ether oxygens (including phenoxy) is 2. The van der Waals surface area contributed by atoms with E-state index in [0.717, 1.165) is 5.56 Å². The molecule has 0 spiro atoms. The van der Waals surface area contributed by atoms with Crippen LogP contribution in [0.5, 0.6) is 11.8 Å². The fourth-order valence-corrected chi connectivity index (χ4v) is 1.46. The Morgan fingerprint density at radius 2 is 2.26 bits per heavy atom. The van der Waals surface area contributed by atoms with Crippen LogP contribution in [0.2, 0.25) is 0 Å². The summed E-state index contributed by atoms with van der Waals surface area (Å²) in [6.07, 6.45) is 1.12. The predicted octanol–water partition coefficient (Wildman–Crippen LogP) is 2.53. The molecule has 2 rings (SSSR count). The number of benzene rings is 1. The first-order chi connectivity index (χ1) is 9.10. The number of esters is 1. The molecular weight excluding hydrogens is 248 g/mol. The number of hydrogen-bond donors (Lipinski definition) is 1. The summed E-state index contributed by atoms with van der Waals surface area (Å²) in [7, 11) is 0. The average Bonchev–Trinajstić information content (AvgIpc) is 2.82. The van der Waals surface area contributed by atoms with Crippen molar-refractivity contribution in [1.82, 2.24) is 4.98 Å². The first kappa shape index (κ1) is 12.9. The Labute approximate surface area is 110 Å². The Hall–Kier alpha value is -2.50. The fourth-order valence-electron chi connectivity index (χ4n) is 1.46. The molecule has 6 heteroatoms. The minimum atomic E-state index is -0.557. The summed E-state index contributed by atoms with van der Waals surface area (Å²) in [5, 5.41) is 0. The number of oxazole rings is 1. The highest BCUT2D eigenvalue weighted by atomic mass is 16.6. The Balaban J connectivity index is 2.13. The van der Waals surface area contributed by atoms with Gasteiger partial charge in [-0.15, -0.1) is 0 Å². The summed E-state index contributed by atoms with van der Waals surface area (Å²) < 4.78 is 15.2. The number of nitrogens with zero attached hydrogens (tertiary/aromatic N) is 1. The van der Waals surface area contributed by atoms with Crippen molar-refractivity contribution in [3.63, 3.8) is 0 Å². The van der Waals surface area contributed by atoms with E-state index in [2.05, 4.69) is 4.98 Å². The molecule has 0 radical (unpaired) electrons. The van der Waals surface area contributed by atoms with E-state index in [1.807, 2.05) is 13.0 Å². The summed E-state index contributed by atoms with van der Waals surface area (Å²) in [6.45, 7) is 3.90. The lowest BCUT2D eigenvalue weighted by molar-refractivity contribution is 0.0519. The molecule has 1 aromatic carbocycles. The van der Waals surface area contributed by atoms with Gasteiger partial charge in [-0.25, -0.2) is 4.79 Å². The minimum Gasteiger partial charge on any atom is -0.461 e. The van der Waals surface area contributed by atoms with Gasteiger partial charge in [0.25, 0.3) is 0 Å². The fraction of sp³-hybridized carbons (Fsp3) is 0.231. The van der Waals surface area contributed by atoms with E-state index in [4.69, 9.17) is 19.6 Å². The third-order valence-corrected chi connectivity index (χ3v) is 2.33. The summed E-state index contributed by atoms with van der Waals surface area (Å²) in [5.74, 6) is -0.138. The van der Waals surface area contributed by atoms with Crippen molar-refractivity contribution in [2.24, 2.45) is 0 Å². The molecule has 19 heavy (non-hydrogen) atoms. The number of carbonyl (C=O) groups is 1. The van der Waals surface area contributed by atoms with Crippen LogP contribution in [-0.2, 0) is 4.74 Å². The smallest absolute Gasteiger partial charge is 0.399 e. The molecule has 2 aromatic rings. The third-order valence-electron chi connectivity index (χ3n) is 2.33. The highest BCUT2D eigenvalue weighted by Crippen LogP contribution is 2.27. The van der Waals surface area contributed by atoms with E-state index in [-0.39, 0.29) is 18.4 Å². The van der Waals surface area contributed by atoms with Crippen LogP contribution >= 0.6 is 0 Å². The van der Waals surface area contributed by atoms with Crippen molar-refractivity contribution < 1.29 is 18.7 Å². The predicted molar refractivity (Wildman–Crippen MR) is 68.1 cm³/mol. The van der Waals surface area contributed by atoms with E-state index in [0.29, 0.717) is 11.4 Å². The maximum absolute atomic E-state index is 11.4. The minimum absolute atomic E-state index is 0.0568. The van der Waals surface area contributed by atoms with Crippen LogP contribution in [0.1, 0.15) is 23.0 Å². The highest BCUT2D eigenvalue weighted by Gasteiger charge is 2.15. The van der Waals surface area contributed by atoms with Gasteiger partial charge in [0, 0.05) is 0 Å². The zero-order chi connectivity index (χ0) is 13.8. The van der Waals surface area contributed by atoms with Crippen molar-refractivity contribution in [2.45, 2.75) is 13.8 Å². The number of carbonyl (C=O) groups excluding carboxylic acids is 1. The molecule has 1 aromatic heterocycles. The molecule has 100 valence electrons. The molecule has 0 bridgehead atoms. The van der Waals surface area contributed by atoms with E-state index < -0.39 is 5.97 Å². The van der Waals surface area contributed by atoms with Crippen LogP contribution in [0.4, 0.5) is 5.69 Å². The van der Waals surface area contributed by atoms with E-state index in [1.165, 1.54) is 6.26 Å². The number of anilines is 1. The maximum Gasteiger partial charge on any atom is 0.399 e. The van der Waals surface area contributed by atoms with Gasteiger partial charge in [-0.1, -0.05) is 6.07 Å². The molecule has 0 atom stereocenters. The standard InChI is InChI=1S/C13H14N2O4/c1-3-17-12(16)10-7-18-13(15-10)19-11-5-4-8(2)6-9(11)14/h4-7H,3,14H2,1-2H3. The largest absolute Gasteiger partial charge is 0.461 e. The van der Waals surface area contributed by atoms with Crippen LogP contribution in [0, 0.1) is 6.92 Å². The van der Waals surface area contributed by atoms with Crippen molar-refractivity contribution >= 4 is 11.7 Å². The van der Waals surface area contributed by atoms with Crippen LogP contribution in [0.25, 0.3) is 0 Å². The zero-order valence-electron chi connectivity index (χ0n) is 10.7. The maximum atomic E-state index is 11.4. The second kappa shape index (κ2) is 5.43. The van der Waals surface area contributed by atoms with Gasteiger partial charge in [0.05, 0.1) is 12.3 Å². The first-order valence-electron chi connectivity index (χ1n) is 5.76. The summed E-state index contributed by atoms with van der Waals surface area (Å²) >= 11 is 0. The number of nitrogens with two attached hydrogens (primary N) is 1. The topological polar surface area (TPSA) is 87.6 Å². The van der Waals surface area contributed by atoms with Gasteiger partial charge >= 0.3 is 12.0 Å². The number of hydrogen-bond acceptors (Lipinski definition) is 6. The van der Waals surface area contributed by atoms with Crippen molar-refractivity contribution in [1.29, 1.82) is 0 Å². The van der Waals surface area contributed by atoms with Gasteiger partial charge in [0.1, 0.15) is 6.26 Å². The molecule has 0 aliphatic rings. The first-order valence-corrected chi connectivity index (χ1v) is 5.76. The Morgan fingerprint density at radius 3 is 2.95 bits per heavy atom. The normalized spacial score (nSPS) is 10.2. The number of rotatable bonds is 4. The molecule has 0 amide bonds. The van der Waals surface area contributed by atoms with Gasteiger partial charge in [-0.2, -0.15) is 4.98 Å². The van der Waals surface area contributed by atoms with Crippen LogP contribution in [-0.4, -0.2) is 17.6 Å². The van der Waals surface area contributed by atoms with Crippen molar-refractivity contribution in [3.8, 4) is 11.8 Å². The molecule has 2 N–H and O–H groups in total. The summed E-state index contributed by atoms with van der Waals surface area (Å²) in [6, 6.07) is 5.32. The van der Waals surface area contributed by atoms with Gasteiger partial charge < -0.3 is 19.6 Å². The Bertz CT molecular complexity index is 592. The van der Waals surface area contributed by atoms with Gasteiger partial charge in [0.2, 0.25) is 0 Å². The summed E-state index contributed by atoms with van der Waals surface area (Å²) in [5.41, 5.74) is 7.34. The van der Waals surface area contributed by atoms with E-state index >= 15 is 0 Å². The van der Waals surface area contributed by atoms with Gasteiger partial charge in [0.15, 0.2) is 11.4 Å². The van der Waals surface area contributed by atoms with Gasteiger partial charge in [-0.05, 0) is 31.5 Å². The van der Waals surface area contributed by atoms with Crippen molar-refractivity contribution in [3.05, 3.63) is 35.7 Å². The summed E-state index contributed by atoms with van der Waals surface area (Å²) in [4.78, 5) is 15.3. The average molecular weight is 262 g/mol. The SMILES string of the molecule is CCOC(=O)c1coc(Oc2ccc(C)cc2N)n1.